The van der Waals surface area contributed by atoms with E-state index in [0.717, 1.165) is 16.8 Å². The Labute approximate surface area is 150 Å². The lowest BCUT2D eigenvalue weighted by atomic mass is 10.2. The molecule has 0 aliphatic carbocycles. The van der Waals surface area contributed by atoms with Crippen LogP contribution in [0, 0.1) is 11.6 Å². The van der Waals surface area contributed by atoms with Crippen LogP contribution in [0.1, 0.15) is 5.82 Å². The molecule has 0 unspecified atom stereocenters. The van der Waals surface area contributed by atoms with Gasteiger partial charge in [0.1, 0.15) is 23.7 Å². The van der Waals surface area contributed by atoms with E-state index < -0.39 is 24.0 Å². The summed E-state index contributed by atoms with van der Waals surface area (Å²) >= 11 is 11.5. The molecule has 128 valence electrons. The highest BCUT2D eigenvalue weighted by atomic mass is 35.5. The zero-order valence-electron chi connectivity index (χ0n) is 12.4. The first kappa shape index (κ1) is 17.3. The van der Waals surface area contributed by atoms with Crippen molar-refractivity contribution in [2.45, 2.75) is 6.42 Å². The molecule has 1 N–H and O–H groups in total. The topological polar surface area (TPSA) is 68.0 Å². The fourth-order valence-corrected chi connectivity index (χ4v) is 2.55. The van der Waals surface area contributed by atoms with Crippen molar-refractivity contribution in [3.05, 3.63) is 63.9 Å². The first-order valence-corrected chi connectivity index (χ1v) is 7.69. The SMILES string of the molecule is O=C(O)Cc1nc(-c2ccc(Cl)cc2F)n(-c2ccc(Cl)cc2F)n1. The van der Waals surface area contributed by atoms with Crippen LogP contribution in [0.5, 0.6) is 0 Å². The van der Waals surface area contributed by atoms with Crippen molar-refractivity contribution in [1.29, 1.82) is 0 Å². The zero-order chi connectivity index (χ0) is 18.1. The Hall–Kier alpha value is -2.51. The Morgan fingerprint density at radius 2 is 1.72 bits per heavy atom. The van der Waals surface area contributed by atoms with Gasteiger partial charge in [-0.1, -0.05) is 23.2 Å². The second-order valence-corrected chi connectivity index (χ2v) is 5.93. The zero-order valence-corrected chi connectivity index (χ0v) is 13.9. The van der Waals surface area contributed by atoms with E-state index in [4.69, 9.17) is 28.3 Å². The van der Waals surface area contributed by atoms with Crippen LogP contribution in [0.3, 0.4) is 0 Å². The highest BCUT2D eigenvalue weighted by Crippen LogP contribution is 2.28. The number of carboxylic acid groups (broad SMARTS) is 1. The Morgan fingerprint density at radius 3 is 2.32 bits per heavy atom. The fourth-order valence-electron chi connectivity index (χ4n) is 2.23. The molecule has 25 heavy (non-hydrogen) atoms. The molecule has 0 saturated heterocycles. The number of halogens is 4. The molecule has 0 aliphatic rings. The van der Waals surface area contributed by atoms with Gasteiger partial charge in [0.25, 0.3) is 0 Å². The molecule has 1 aromatic heterocycles. The Morgan fingerprint density at radius 1 is 1.08 bits per heavy atom. The molecule has 1 heterocycles. The van der Waals surface area contributed by atoms with Gasteiger partial charge < -0.3 is 5.11 Å². The van der Waals surface area contributed by atoms with Gasteiger partial charge in [-0.25, -0.2) is 18.4 Å². The van der Waals surface area contributed by atoms with Gasteiger partial charge >= 0.3 is 5.97 Å². The second-order valence-electron chi connectivity index (χ2n) is 5.05. The van der Waals surface area contributed by atoms with Gasteiger partial charge in [0.05, 0.1) is 5.56 Å². The van der Waals surface area contributed by atoms with E-state index in [0.29, 0.717) is 0 Å². The van der Waals surface area contributed by atoms with Crippen LogP contribution in [0.25, 0.3) is 17.1 Å². The lowest BCUT2D eigenvalue weighted by molar-refractivity contribution is -0.136. The molecule has 2 aromatic carbocycles. The predicted molar refractivity (Wildman–Crippen MR) is 88.1 cm³/mol. The average molecular weight is 384 g/mol. The van der Waals surface area contributed by atoms with Gasteiger partial charge in [-0.05, 0) is 36.4 Å². The molecule has 0 radical (unpaired) electrons. The summed E-state index contributed by atoms with van der Waals surface area (Å²) in [4.78, 5) is 15.0. The number of hydrogen-bond acceptors (Lipinski definition) is 3. The Bertz CT molecular complexity index is 907. The first-order valence-electron chi connectivity index (χ1n) is 6.93. The molecular formula is C16H9Cl2F2N3O2. The van der Waals surface area contributed by atoms with E-state index in [1.807, 2.05) is 0 Å². The number of rotatable bonds is 4. The van der Waals surface area contributed by atoms with E-state index in [1.165, 1.54) is 24.3 Å². The number of aliphatic carboxylic acids is 1. The second kappa shape index (κ2) is 6.78. The van der Waals surface area contributed by atoms with Crippen molar-refractivity contribution in [3.63, 3.8) is 0 Å². The minimum atomic E-state index is -1.17. The minimum Gasteiger partial charge on any atom is -0.481 e. The molecular weight excluding hydrogens is 375 g/mol. The molecule has 0 fully saturated rings. The van der Waals surface area contributed by atoms with Gasteiger partial charge in [0.2, 0.25) is 0 Å². The maximum Gasteiger partial charge on any atom is 0.311 e. The Kier molecular flexibility index (Phi) is 4.69. The first-order chi connectivity index (χ1) is 11.8. The lowest BCUT2D eigenvalue weighted by Gasteiger charge is -2.08. The van der Waals surface area contributed by atoms with Gasteiger partial charge in [0.15, 0.2) is 11.6 Å². The maximum atomic E-state index is 14.3. The number of carboxylic acids is 1. The molecule has 5 nitrogen and oxygen atoms in total. The van der Waals surface area contributed by atoms with Gasteiger partial charge in [-0.2, -0.15) is 0 Å². The molecule has 3 rings (SSSR count). The van der Waals surface area contributed by atoms with Crippen LogP contribution < -0.4 is 0 Å². The fraction of sp³-hybridized carbons (Fsp3) is 0.0625. The summed E-state index contributed by atoms with van der Waals surface area (Å²) in [6.07, 6.45) is -0.496. The highest BCUT2D eigenvalue weighted by Gasteiger charge is 2.20. The van der Waals surface area contributed by atoms with Gasteiger partial charge in [-0.3, -0.25) is 4.79 Å². The third kappa shape index (κ3) is 3.62. The summed E-state index contributed by atoms with van der Waals surface area (Å²) in [6, 6.07) is 7.71. The molecule has 0 aliphatic heterocycles. The third-order valence-corrected chi connectivity index (χ3v) is 3.74. The van der Waals surface area contributed by atoms with Crippen LogP contribution in [0.15, 0.2) is 36.4 Å². The molecule has 9 heteroatoms. The van der Waals surface area contributed by atoms with E-state index in [9.17, 15) is 13.6 Å². The quantitative estimate of drug-likeness (QED) is 0.734. The van der Waals surface area contributed by atoms with Crippen molar-refractivity contribution in [2.24, 2.45) is 0 Å². The summed E-state index contributed by atoms with van der Waals surface area (Å²) in [5.41, 5.74) is -0.0409. The van der Waals surface area contributed by atoms with Gasteiger partial charge in [-0.15, -0.1) is 5.10 Å². The molecule has 0 amide bonds. The number of hydrogen-bond donors (Lipinski definition) is 1. The monoisotopic (exact) mass is 383 g/mol. The molecule has 3 aromatic rings. The third-order valence-electron chi connectivity index (χ3n) is 3.27. The Balaban J connectivity index is 2.22. The minimum absolute atomic E-state index is 0.00267. The van der Waals surface area contributed by atoms with E-state index in [1.54, 1.807) is 0 Å². The highest BCUT2D eigenvalue weighted by molar-refractivity contribution is 6.30. The van der Waals surface area contributed by atoms with Crippen LogP contribution in [-0.2, 0) is 11.2 Å². The van der Waals surface area contributed by atoms with Crippen LogP contribution >= 0.6 is 23.2 Å². The van der Waals surface area contributed by atoms with E-state index in [-0.39, 0.29) is 32.9 Å². The molecule has 0 atom stereocenters. The number of carbonyl (C=O) groups is 1. The largest absolute Gasteiger partial charge is 0.481 e. The summed E-state index contributed by atoms with van der Waals surface area (Å²) in [5.74, 6) is -2.72. The van der Waals surface area contributed by atoms with E-state index in [2.05, 4.69) is 10.1 Å². The van der Waals surface area contributed by atoms with Crippen molar-refractivity contribution in [3.8, 4) is 17.1 Å². The lowest BCUT2D eigenvalue weighted by Crippen LogP contribution is -2.05. The van der Waals surface area contributed by atoms with E-state index >= 15 is 0 Å². The van der Waals surface area contributed by atoms with Crippen LogP contribution in [0.2, 0.25) is 10.0 Å². The van der Waals surface area contributed by atoms with Crippen LogP contribution in [0.4, 0.5) is 8.78 Å². The van der Waals surface area contributed by atoms with Crippen molar-refractivity contribution in [1.82, 2.24) is 14.8 Å². The molecule has 0 saturated carbocycles. The standard InChI is InChI=1S/C16H9Cl2F2N3O2/c17-8-1-3-10(11(19)5-8)16-21-14(7-15(24)25)22-23(16)13-4-2-9(18)6-12(13)20/h1-6H,7H2,(H,24,25). The van der Waals surface area contributed by atoms with Gasteiger partial charge in [0, 0.05) is 10.0 Å². The van der Waals surface area contributed by atoms with Crippen molar-refractivity contribution in [2.75, 3.05) is 0 Å². The normalized spacial score (nSPS) is 10.9. The number of benzene rings is 2. The van der Waals surface area contributed by atoms with Crippen molar-refractivity contribution < 1.29 is 18.7 Å². The smallest absolute Gasteiger partial charge is 0.311 e. The average Bonchev–Trinajstić information content (AvgIpc) is 2.89. The predicted octanol–water partition coefficient (Wildman–Crippen LogP) is 4.15. The van der Waals surface area contributed by atoms with Crippen molar-refractivity contribution >= 4 is 29.2 Å². The summed E-state index contributed by atoms with van der Waals surface area (Å²) in [5, 5.41) is 13.3. The molecule has 0 bridgehead atoms. The number of aromatic nitrogens is 3. The number of nitrogens with zero attached hydrogens (tertiary/aromatic N) is 3. The van der Waals surface area contributed by atoms with Crippen LogP contribution in [-0.4, -0.2) is 25.8 Å². The maximum absolute atomic E-state index is 14.3. The summed E-state index contributed by atoms with van der Waals surface area (Å²) in [6.45, 7) is 0. The molecule has 0 spiro atoms. The summed E-state index contributed by atoms with van der Waals surface area (Å²) < 4.78 is 29.6. The summed E-state index contributed by atoms with van der Waals surface area (Å²) in [7, 11) is 0.